The summed E-state index contributed by atoms with van der Waals surface area (Å²) in [6.45, 7) is 7.03. The minimum absolute atomic E-state index is 0.108. The molecule has 2 aliphatic heterocycles. The van der Waals surface area contributed by atoms with Gasteiger partial charge in [0.05, 0.1) is 16.3 Å². The molecule has 1 aliphatic carbocycles. The minimum atomic E-state index is -3.09. The second-order valence-corrected chi connectivity index (χ2v) is 15.8. The van der Waals surface area contributed by atoms with Gasteiger partial charge in [0, 0.05) is 61.1 Å². The highest BCUT2D eigenvalue weighted by atomic mass is 127. The number of benzene rings is 2. The SMILES string of the molecule is CCc1cc(N2CCN(S(=O)(=O)C3CC3)CC2)cc2c1N=c1c(CC)cc(N(C)C)cc1=S2I. The Kier molecular flexibility index (Phi) is 6.76. The lowest BCUT2D eigenvalue weighted by atomic mass is 10.1. The monoisotopic (exact) mass is 612 g/mol. The molecule has 184 valence electrons. The number of rotatable bonds is 6. The predicted molar refractivity (Wildman–Crippen MR) is 151 cm³/mol. The molecule has 1 saturated heterocycles. The quantitative estimate of drug-likeness (QED) is 0.351. The van der Waals surface area contributed by atoms with Gasteiger partial charge in [-0.05, 0) is 82.3 Å². The molecule has 0 N–H and O–H groups in total. The highest BCUT2D eigenvalue weighted by molar-refractivity contribution is 14.2. The molecule has 34 heavy (non-hydrogen) atoms. The van der Waals surface area contributed by atoms with Gasteiger partial charge in [-0.1, -0.05) is 21.5 Å². The van der Waals surface area contributed by atoms with Gasteiger partial charge in [0.1, 0.15) is 0 Å². The normalized spacial score (nSPS) is 20.5. The Balaban J connectivity index is 1.54. The van der Waals surface area contributed by atoms with E-state index < -0.39 is 10.0 Å². The molecule has 2 heterocycles. The maximum atomic E-state index is 12.7. The van der Waals surface area contributed by atoms with Gasteiger partial charge in [-0.2, -0.15) is 4.31 Å². The van der Waals surface area contributed by atoms with Crippen molar-refractivity contribution in [2.75, 3.05) is 50.1 Å². The molecule has 2 aromatic rings. The summed E-state index contributed by atoms with van der Waals surface area (Å²) in [6, 6.07) is 9.17. The van der Waals surface area contributed by atoms with Gasteiger partial charge in [-0.15, -0.1) is 0 Å². The molecule has 1 unspecified atom stereocenters. The lowest BCUT2D eigenvalue weighted by molar-refractivity contribution is 0.384. The van der Waals surface area contributed by atoms with E-state index in [0.717, 1.165) is 49.8 Å². The molecule has 5 rings (SSSR count). The van der Waals surface area contributed by atoms with Crippen molar-refractivity contribution >= 4 is 55.9 Å². The summed E-state index contributed by atoms with van der Waals surface area (Å²) in [5.74, 6) is 0. The Labute approximate surface area is 217 Å². The van der Waals surface area contributed by atoms with Crippen LogP contribution in [0.4, 0.5) is 17.1 Å². The van der Waals surface area contributed by atoms with Crippen LogP contribution < -0.4 is 15.2 Å². The van der Waals surface area contributed by atoms with Crippen LogP contribution in [0.15, 0.2) is 34.2 Å². The average Bonchev–Trinajstić information content (AvgIpc) is 3.69. The van der Waals surface area contributed by atoms with Crippen molar-refractivity contribution < 1.29 is 8.42 Å². The van der Waals surface area contributed by atoms with E-state index in [1.165, 1.54) is 31.9 Å². The number of piperazine rings is 1. The van der Waals surface area contributed by atoms with E-state index in [0.29, 0.717) is 13.1 Å². The second-order valence-electron chi connectivity index (χ2n) is 9.50. The zero-order valence-corrected chi connectivity index (χ0v) is 24.1. The third-order valence-corrected chi connectivity index (χ3v) is 13.7. The number of hydrogen-bond donors (Lipinski definition) is 0. The summed E-state index contributed by atoms with van der Waals surface area (Å²) in [7, 11) is 0.986. The highest BCUT2D eigenvalue weighted by Gasteiger charge is 2.41. The van der Waals surface area contributed by atoms with Crippen LogP contribution in [0.2, 0.25) is 0 Å². The molecule has 1 atom stereocenters. The molecule has 0 aromatic heterocycles. The number of aryl methyl sites for hydroxylation is 2. The molecule has 0 amide bonds. The molecule has 3 aliphatic rings. The molecule has 0 bridgehead atoms. The number of hydrogen-bond acceptors (Lipinski definition) is 5. The van der Waals surface area contributed by atoms with Crippen molar-refractivity contribution in [1.82, 2.24) is 4.31 Å². The Morgan fingerprint density at radius 2 is 1.71 bits per heavy atom. The zero-order chi connectivity index (χ0) is 24.2. The second kappa shape index (κ2) is 9.37. The predicted octanol–water partition coefficient (Wildman–Crippen LogP) is 4.69. The van der Waals surface area contributed by atoms with Gasteiger partial charge < -0.3 is 9.80 Å². The fraction of sp³-hybridized carbons (Fsp3) is 0.520. The third kappa shape index (κ3) is 4.30. The number of halogens is 1. The lowest BCUT2D eigenvalue weighted by Crippen LogP contribution is -2.49. The third-order valence-electron chi connectivity index (χ3n) is 7.07. The number of nitrogens with zero attached hydrogens (tertiary/aromatic N) is 4. The van der Waals surface area contributed by atoms with Gasteiger partial charge in [0.15, 0.2) is 0 Å². The average molecular weight is 613 g/mol. The Morgan fingerprint density at radius 3 is 2.29 bits per heavy atom. The topological polar surface area (TPSA) is 56.2 Å². The van der Waals surface area contributed by atoms with E-state index in [2.05, 4.69) is 83.2 Å². The van der Waals surface area contributed by atoms with Crippen LogP contribution in [0.25, 0.3) is 0 Å². The van der Waals surface area contributed by atoms with Crippen LogP contribution in [0, 0.1) is 4.51 Å². The molecule has 1 saturated carbocycles. The summed E-state index contributed by atoms with van der Waals surface area (Å²) in [5, 5.41) is 1.02. The minimum Gasteiger partial charge on any atom is -0.378 e. The van der Waals surface area contributed by atoms with Crippen molar-refractivity contribution in [2.24, 2.45) is 4.99 Å². The Morgan fingerprint density at radius 1 is 1.03 bits per heavy atom. The van der Waals surface area contributed by atoms with Crippen molar-refractivity contribution in [2.45, 2.75) is 49.7 Å². The molecule has 9 heteroatoms. The Bertz CT molecular complexity index is 1360. The summed E-state index contributed by atoms with van der Waals surface area (Å²) in [6.07, 6.45) is 3.54. The van der Waals surface area contributed by atoms with Crippen molar-refractivity contribution in [3.8, 4) is 0 Å². The summed E-state index contributed by atoms with van der Waals surface area (Å²) in [4.78, 5) is 11.1. The summed E-state index contributed by atoms with van der Waals surface area (Å²) in [5.41, 5.74) is 6.15. The standard InChI is InChI=1S/C25H33IN4O2S2/c1-5-17-13-19(28(3)4)15-22-24(17)27-25-18(6-2)14-20(16-23(25)33(22)26)29-9-11-30(12-10-29)34(31,32)21-7-8-21/h13-16,21H,5-12H2,1-4H3. The zero-order valence-electron chi connectivity index (χ0n) is 20.3. The van der Waals surface area contributed by atoms with E-state index in [1.807, 2.05) is 0 Å². The fourth-order valence-corrected chi connectivity index (χ4v) is 10.0. The van der Waals surface area contributed by atoms with Crippen LogP contribution in [-0.2, 0) is 22.9 Å². The maximum Gasteiger partial charge on any atom is 0.217 e. The van der Waals surface area contributed by atoms with Crippen LogP contribution in [0.1, 0.15) is 37.8 Å². The molecule has 0 radical (unpaired) electrons. The molecular weight excluding hydrogens is 579 g/mol. The van der Waals surface area contributed by atoms with Gasteiger partial charge in [0.2, 0.25) is 10.0 Å². The van der Waals surface area contributed by atoms with Crippen LogP contribution in [0.5, 0.6) is 0 Å². The van der Waals surface area contributed by atoms with E-state index in [4.69, 9.17) is 4.99 Å². The molecule has 2 fully saturated rings. The molecular formula is C25H33IN4O2S2. The van der Waals surface area contributed by atoms with Crippen LogP contribution >= 0.6 is 28.9 Å². The van der Waals surface area contributed by atoms with Gasteiger partial charge in [-0.3, -0.25) is 0 Å². The van der Waals surface area contributed by atoms with Crippen LogP contribution in [0.3, 0.4) is 0 Å². The first-order valence-electron chi connectivity index (χ1n) is 12.1. The van der Waals surface area contributed by atoms with Gasteiger partial charge in [0.25, 0.3) is 0 Å². The molecule has 2 aromatic carbocycles. The summed E-state index contributed by atoms with van der Waals surface area (Å²) >= 11 is 2.60. The van der Waals surface area contributed by atoms with E-state index >= 15 is 0 Å². The first kappa shape index (κ1) is 24.5. The number of sulfonamides is 1. The van der Waals surface area contributed by atoms with E-state index in [-0.39, 0.29) is 12.9 Å². The van der Waals surface area contributed by atoms with Crippen molar-refractivity contribution in [3.63, 3.8) is 0 Å². The van der Waals surface area contributed by atoms with E-state index in [9.17, 15) is 8.42 Å². The largest absolute Gasteiger partial charge is 0.378 e. The maximum absolute atomic E-state index is 12.7. The summed E-state index contributed by atoms with van der Waals surface area (Å²) < 4.78 is 28.4. The lowest BCUT2D eigenvalue weighted by Gasteiger charge is -2.36. The van der Waals surface area contributed by atoms with Crippen LogP contribution in [-0.4, -0.2) is 58.2 Å². The fourth-order valence-electron chi connectivity index (χ4n) is 4.81. The number of anilines is 2. The van der Waals surface area contributed by atoms with Gasteiger partial charge in [-0.25, -0.2) is 13.4 Å². The molecule has 6 nitrogen and oxygen atoms in total. The Hall–Kier alpha value is -1.17. The van der Waals surface area contributed by atoms with Crippen molar-refractivity contribution in [1.29, 1.82) is 0 Å². The first-order valence-corrected chi connectivity index (χ1v) is 17.4. The number of fused-ring (bicyclic) bond motifs is 2. The van der Waals surface area contributed by atoms with Crippen molar-refractivity contribution in [3.05, 3.63) is 45.3 Å². The van der Waals surface area contributed by atoms with E-state index in [1.54, 1.807) is 4.31 Å². The first-order chi connectivity index (χ1) is 16.2. The molecule has 0 spiro atoms. The van der Waals surface area contributed by atoms with Gasteiger partial charge >= 0.3 is 0 Å². The smallest absolute Gasteiger partial charge is 0.217 e. The highest BCUT2D eigenvalue weighted by Crippen LogP contribution is 2.48.